The molecule has 0 saturated carbocycles. The maximum atomic E-state index is 6.11. The van der Waals surface area contributed by atoms with Crippen LogP contribution in [-0.2, 0) is 0 Å². The SMILES string of the molecule is CSC(CN=C(N)N1CCC(C)CC1)C(C)(C)C.I. The molecule has 0 aliphatic carbocycles. The van der Waals surface area contributed by atoms with E-state index in [0.29, 0.717) is 5.25 Å². The van der Waals surface area contributed by atoms with Crippen LogP contribution in [0.2, 0.25) is 0 Å². The first-order valence-electron chi connectivity index (χ1n) is 6.92. The first-order chi connectivity index (χ1) is 8.34. The summed E-state index contributed by atoms with van der Waals surface area (Å²) in [5.74, 6) is 1.58. The molecule has 0 radical (unpaired) electrons. The summed E-state index contributed by atoms with van der Waals surface area (Å²) in [5, 5.41) is 0.528. The van der Waals surface area contributed by atoms with Crippen LogP contribution >= 0.6 is 35.7 Å². The van der Waals surface area contributed by atoms with Crippen LogP contribution in [0.4, 0.5) is 0 Å². The molecule has 0 aromatic carbocycles. The number of aliphatic imine (C=N–C) groups is 1. The van der Waals surface area contributed by atoms with Crippen LogP contribution in [0, 0.1) is 11.3 Å². The minimum atomic E-state index is 0. The zero-order valence-electron chi connectivity index (χ0n) is 13.0. The highest BCUT2D eigenvalue weighted by Crippen LogP contribution is 2.29. The predicted molar refractivity (Wildman–Crippen MR) is 98.6 cm³/mol. The molecule has 0 amide bonds. The third kappa shape index (κ3) is 6.56. The largest absolute Gasteiger partial charge is 0.370 e. The summed E-state index contributed by atoms with van der Waals surface area (Å²) < 4.78 is 0. The number of nitrogens with zero attached hydrogens (tertiary/aromatic N) is 2. The van der Waals surface area contributed by atoms with Gasteiger partial charge >= 0.3 is 0 Å². The summed E-state index contributed by atoms with van der Waals surface area (Å²) >= 11 is 1.88. The molecule has 0 spiro atoms. The van der Waals surface area contributed by atoms with Gasteiger partial charge in [-0.05, 0) is 30.4 Å². The average molecular weight is 399 g/mol. The highest BCUT2D eigenvalue weighted by atomic mass is 127. The number of likely N-dealkylation sites (tertiary alicyclic amines) is 1. The fourth-order valence-corrected chi connectivity index (χ4v) is 3.15. The van der Waals surface area contributed by atoms with Crippen molar-refractivity contribution in [3.05, 3.63) is 0 Å². The number of nitrogens with two attached hydrogens (primary N) is 1. The Hall–Kier alpha value is 0.350. The van der Waals surface area contributed by atoms with Crippen LogP contribution in [0.25, 0.3) is 0 Å². The molecule has 19 heavy (non-hydrogen) atoms. The van der Waals surface area contributed by atoms with Gasteiger partial charge in [0.25, 0.3) is 0 Å². The summed E-state index contributed by atoms with van der Waals surface area (Å²) in [5.41, 5.74) is 6.38. The molecule has 1 heterocycles. The molecule has 1 unspecified atom stereocenters. The van der Waals surface area contributed by atoms with E-state index < -0.39 is 0 Å². The third-order valence-corrected chi connectivity index (χ3v) is 5.20. The smallest absolute Gasteiger partial charge is 0.191 e. The number of thioether (sulfide) groups is 1. The van der Waals surface area contributed by atoms with E-state index in [2.05, 4.69) is 43.8 Å². The van der Waals surface area contributed by atoms with Crippen LogP contribution < -0.4 is 5.73 Å². The van der Waals surface area contributed by atoms with Crippen molar-refractivity contribution in [2.45, 2.75) is 45.8 Å². The molecule has 0 aromatic heterocycles. The zero-order valence-corrected chi connectivity index (χ0v) is 16.1. The van der Waals surface area contributed by atoms with Crippen LogP contribution in [0.1, 0.15) is 40.5 Å². The van der Waals surface area contributed by atoms with Gasteiger partial charge in [-0.15, -0.1) is 24.0 Å². The molecule has 0 aromatic rings. The van der Waals surface area contributed by atoms with Gasteiger partial charge in [0.1, 0.15) is 0 Å². The molecule has 1 atom stereocenters. The second-order valence-corrected chi connectivity index (χ2v) is 7.50. The minimum absolute atomic E-state index is 0. The van der Waals surface area contributed by atoms with E-state index in [1.807, 2.05) is 11.8 Å². The Kier molecular flexibility index (Phi) is 8.75. The van der Waals surface area contributed by atoms with Crippen molar-refractivity contribution >= 4 is 41.7 Å². The fourth-order valence-electron chi connectivity index (χ4n) is 2.22. The number of hydrogen-bond acceptors (Lipinski definition) is 2. The summed E-state index contributed by atoms with van der Waals surface area (Å²) in [6.07, 6.45) is 4.63. The summed E-state index contributed by atoms with van der Waals surface area (Å²) in [6, 6.07) is 0. The summed E-state index contributed by atoms with van der Waals surface area (Å²) in [6.45, 7) is 12.1. The Balaban J connectivity index is 0.00000324. The van der Waals surface area contributed by atoms with Crippen molar-refractivity contribution < 1.29 is 0 Å². The Morgan fingerprint density at radius 1 is 1.37 bits per heavy atom. The lowest BCUT2D eigenvalue weighted by Gasteiger charge is -2.32. The zero-order chi connectivity index (χ0) is 13.8. The average Bonchev–Trinajstić information content (AvgIpc) is 2.28. The molecule has 3 nitrogen and oxygen atoms in total. The van der Waals surface area contributed by atoms with Gasteiger partial charge < -0.3 is 10.6 Å². The van der Waals surface area contributed by atoms with E-state index >= 15 is 0 Å². The van der Waals surface area contributed by atoms with Crippen molar-refractivity contribution in [3.63, 3.8) is 0 Å². The highest BCUT2D eigenvalue weighted by molar-refractivity contribution is 14.0. The van der Waals surface area contributed by atoms with Crippen molar-refractivity contribution in [1.82, 2.24) is 4.90 Å². The molecule has 1 saturated heterocycles. The van der Waals surface area contributed by atoms with Crippen LogP contribution in [0.5, 0.6) is 0 Å². The Labute approximate surface area is 140 Å². The van der Waals surface area contributed by atoms with Crippen molar-refractivity contribution in [1.29, 1.82) is 0 Å². The minimum Gasteiger partial charge on any atom is -0.370 e. The molecule has 2 N–H and O–H groups in total. The van der Waals surface area contributed by atoms with Gasteiger partial charge in [0.2, 0.25) is 0 Å². The van der Waals surface area contributed by atoms with E-state index in [4.69, 9.17) is 5.73 Å². The van der Waals surface area contributed by atoms with E-state index in [1.54, 1.807) is 0 Å². The topological polar surface area (TPSA) is 41.6 Å². The molecule has 1 rings (SSSR count). The molecule has 5 heteroatoms. The molecule has 1 fully saturated rings. The lowest BCUT2D eigenvalue weighted by Crippen LogP contribution is -2.43. The van der Waals surface area contributed by atoms with Crippen LogP contribution in [-0.4, -0.2) is 42.0 Å². The number of halogens is 1. The lowest BCUT2D eigenvalue weighted by molar-refractivity contribution is 0.277. The Bertz CT molecular complexity index is 281. The standard InChI is InChI=1S/C14H29N3S.HI/c1-11-6-8-17(9-7-11)13(15)16-10-12(18-5)14(2,3)4;/h11-12H,6-10H2,1-5H3,(H2,15,16);1H. The van der Waals surface area contributed by atoms with Crippen LogP contribution in [0.3, 0.4) is 0 Å². The molecule has 1 aliphatic rings. The maximum absolute atomic E-state index is 6.11. The van der Waals surface area contributed by atoms with Gasteiger partial charge in [0.05, 0.1) is 6.54 Å². The van der Waals surface area contributed by atoms with Gasteiger partial charge in [-0.2, -0.15) is 11.8 Å². The predicted octanol–water partition coefficient (Wildman–Crippen LogP) is 3.43. The van der Waals surface area contributed by atoms with E-state index in [1.165, 1.54) is 12.8 Å². The lowest BCUT2D eigenvalue weighted by atomic mass is 9.92. The first-order valence-corrected chi connectivity index (χ1v) is 8.21. The van der Waals surface area contributed by atoms with E-state index in [-0.39, 0.29) is 29.4 Å². The van der Waals surface area contributed by atoms with Gasteiger partial charge in [-0.3, -0.25) is 4.99 Å². The van der Waals surface area contributed by atoms with Gasteiger partial charge in [-0.1, -0.05) is 27.7 Å². The molecular weight excluding hydrogens is 369 g/mol. The Morgan fingerprint density at radius 2 is 1.89 bits per heavy atom. The number of guanidine groups is 1. The Morgan fingerprint density at radius 3 is 2.32 bits per heavy atom. The fraction of sp³-hybridized carbons (Fsp3) is 0.929. The number of hydrogen-bond donors (Lipinski definition) is 1. The van der Waals surface area contributed by atoms with E-state index in [9.17, 15) is 0 Å². The second-order valence-electron chi connectivity index (χ2n) is 6.46. The quantitative estimate of drug-likeness (QED) is 0.449. The summed E-state index contributed by atoms with van der Waals surface area (Å²) in [4.78, 5) is 6.85. The molecule has 0 bridgehead atoms. The van der Waals surface area contributed by atoms with Gasteiger partial charge in [0.15, 0.2) is 5.96 Å². The summed E-state index contributed by atoms with van der Waals surface area (Å²) in [7, 11) is 0. The van der Waals surface area contributed by atoms with Crippen molar-refractivity contribution in [3.8, 4) is 0 Å². The normalized spacial score (nSPS) is 20.1. The van der Waals surface area contributed by atoms with E-state index in [0.717, 1.165) is 31.5 Å². The molecular formula is C14H30IN3S. The van der Waals surface area contributed by atoms with Crippen LogP contribution in [0.15, 0.2) is 4.99 Å². The number of rotatable bonds is 3. The number of piperidine rings is 1. The second kappa shape index (κ2) is 8.60. The van der Waals surface area contributed by atoms with Crippen molar-refractivity contribution in [2.24, 2.45) is 22.1 Å². The first kappa shape index (κ1) is 19.4. The van der Waals surface area contributed by atoms with Crippen molar-refractivity contribution in [2.75, 3.05) is 25.9 Å². The van der Waals surface area contributed by atoms with Gasteiger partial charge in [0, 0.05) is 18.3 Å². The monoisotopic (exact) mass is 399 g/mol. The maximum Gasteiger partial charge on any atom is 0.191 e. The molecule has 1 aliphatic heterocycles. The molecule has 114 valence electrons. The highest BCUT2D eigenvalue weighted by Gasteiger charge is 2.24. The van der Waals surface area contributed by atoms with Gasteiger partial charge in [-0.25, -0.2) is 0 Å². The third-order valence-electron chi connectivity index (χ3n) is 3.78.